The van der Waals surface area contributed by atoms with E-state index in [1.165, 1.54) is 6.07 Å². The fraction of sp³-hybridized carbons (Fsp3) is 0.333. The summed E-state index contributed by atoms with van der Waals surface area (Å²) in [6.07, 6.45) is 3.91. The van der Waals surface area contributed by atoms with Crippen molar-refractivity contribution in [3.8, 4) is 11.4 Å². The molecule has 25 heavy (non-hydrogen) atoms. The Labute approximate surface area is 144 Å². The average molecular weight is 341 g/mol. The standard InChI is InChI=1S/C18H19N3O4/c22-16(20-12-6-4-11(5-7-12)18(24)25)13-8-9-15(21-17(13)23)14-3-1-2-10-19-14/h1-3,8-12H,4-7H2,(H,20,22)(H,21,23)(H,24,25). The maximum atomic E-state index is 12.3. The second-order valence-electron chi connectivity index (χ2n) is 6.19. The molecule has 1 aliphatic carbocycles. The van der Waals surface area contributed by atoms with Crippen LogP contribution in [0.1, 0.15) is 36.0 Å². The van der Waals surface area contributed by atoms with Gasteiger partial charge in [0.1, 0.15) is 5.56 Å². The lowest BCUT2D eigenvalue weighted by molar-refractivity contribution is -0.142. The zero-order chi connectivity index (χ0) is 17.8. The van der Waals surface area contributed by atoms with Crippen LogP contribution in [0.3, 0.4) is 0 Å². The van der Waals surface area contributed by atoms with Crippen LogP contribution in [0.25, 0.3) is 11.4 Å². The Balaban J connectivity index is 1.67. The van der Waals surface area contributed by atoms with E-state index in [1.54, 1.807) is 24.4 Å². The Hall–Kier alpha value is -2.96. The molecule has 0 unspecified atom stereocenters. The number of amides is 1. The monoisotopic (exact) mass is 341 g/mol. The van der Waals surface area contributed by atoms with Crippen LogP contribution in [0, 0.1) is 5.92 Å². The van der Waals surface area contributed by atoms with Gasteiger partial charge in [-0.05, 0) is 49.9 Å². The van der Waals surface area contributed by atoms with Crippen LogP contribution in [0.5, 0.6) is 0 Å². The number of carboxylic acids is 1. The van der Waals surface area contributed by atoms with Crippen LogP contribution < -0.4 is 10.9 Å². The van der Waals surface area contributed by atoms with Crippen molar-refractivity contribution < 1.29 is 14.7 Å². The lowest BCUT2D eigenvalue weighted by Gasteiger charge is -2.26. The number of aromatic nitrogens is 2. The minimum absolute atomic E-state index is 0.0417. The van der Waals surface area contributed by atoms with Gasteiger partial charge < -0.3 is 15.4 Å². The molecule has 0 bridgehead atoms. The first-order chi connectivity index (χ1) is 12.0. The highest BCUT2D eigenvalue weighted by Gasteiger charge is 2.27. The largest absolute Gasteiger partial charge is 0.481 e. The maximum absolute atomic E-state index is 12.3. The van der Waals surface area contributed by atoms with Gasteiger partial charge in [-0.2, -0.15) is 0 Å². The molecule has 0 atom stereocenters. The number of aromatic amines is 1. The fourth-order valence-corrected chi connectivity index (χ4v) is 3.07. The molecule has 3 rings (SSSR count). The predicted molar refractivity (Wildman–Crippen MR) is 91.1 cm³/mol. The van der Waals surface area contributed by atoms with Crippen LogP contribution >= 0.6 is 0 Å². The van der Waals surface area contributed by atoms with Crippen LogP contribution in [-0.2, 0) is 4.79 Å². The topological polar surface area (TPSA) is 112 Å². The van der Waals surface area contributed by atoms with Crippen molar-refractivity contribution in [3.63, 3.8) is 0 Å². The van der Waals surface area contributed by atoms with Gasteiger partial charge in [0, 0.05) is 12.2 Å². The summed E-state index contributed by atoms with van der Waals surface area (Å²) in [5, 5.41) is 11.8. The molecule has 3 N–H and O–H groups in total. The number of H-pyrrole nitrogens is 1. The van der Waals surface area contributed by atoms with E-state index in [9.17, 15) is 14.4 Å². The SMILES string of the molecule is O=C(NC1CCC(C(=O)O)CC1)c1ccc(-c2ccccn2)[nH]c1=O. The molecular formula is C18H19N3O4. The molecule has 2 aromatic heterocycles. The smallest absolute Gasteiger partial charge is 0.306 e. The number of hydrogen-bond acceptors (Lipinski definition) is 4. The third kappa shape index (κ3) is 3.93. The van der Waals surface area contributed by atoms with Crippen LogP contribution in [0.15, 0.2) is 41.3 Å². The van der Waals surface area contributed by atoms with Gasteiger partial charge in [0.05, 0.1) is 17.3 Å². The van der Waals surface area contributed by atoms with Gasteiger partial charge in [-0.1, -0.05) is 6.07 Å². The molecule has 2 aromatic rings. The fourth-order valence-electron chi connectivity index (χ4n) is 3.07. The van der Waals surface area contributed by atoms with E-state index in [4.69, 9.17) is 5.11 Å². The highest BCUT2D eigenvalue weighted by atomic mass is 16.4. The molecular weight excluding hydrogens is 322 g/mol. The molecule has 7 heteroatoms. The summed E-state index contributed by atoms with van der Waals surface area (Å²) >= 11 is 0. The van der Waals surface area contributed by atoms with Crippen molar-refractivity contribution in [1.29, 1.82) is 0 Å². The molecule has 7 nitrogen and oxygen atoms in total. The quantitative estimate of drug-likeness (QED) is 0.785. The first-order valence-corrected chi connectivity index (χ1v) is 8.23. The van der Waals surface area contributed by atoms with E-state index >= 15 is 0 Å². The van der Waals surface area contributed by atoms with Crippen molar-refractivity contribution >= 4 is 11.9 Å². The molecule has 2 heterocycles. The summed E-state index contributed by atoms with van der Waals surface area (Å²) in [6, 6.07) is 8.41. The number of nitrogens with zero attached hydrogens (tertiary/aromatic N) is 1. The van der Waals surface area contributed by atoms with Crippen LogP contribution in [-0.4, -0.2) is 33.0 Å². The predicted octanol–water partition coefficient (Wildman–Crippen LogP) is 1.81. The van der Waals surface area contributed by atoms with Gasteiger partial charge in [-0.3, -0.25) is 19.4 Å². The minimum atomic E-state index is -0.786. The Morgan fingerprint density at radius 3 is 2.48 bits per heavy atom. The summed E-state index contributed by atoms with van der Waals surface area (Å²) < 4.78 is 0. The molecule has 0 aromatic carbocycles. The third-order valence-corrected chi connectivity index (χ3v) is 4.51. The Morgan fingerprint density at radius 2 is 1.88 bits per heavy atom. The molecule has 1 fully saturated rings. The van der Waals surface area contributed by atoms with E-state index in [-0.39, 0.29) is 17.5 Å². The van der Waals surface area contributed by atoms with Gasteiger partial charge in [-0.25, -0.2) is 0 Å². The van der Waals surface area contributed by atoms with Crippen molar-refractivity contribution in [3.05, 3.63) is 52.4 Å². The summed E-state index contributed by atoms with van der Waals surface area (Å²) in [5.74, 6) is -1.56. The van der Waals surface area contributed by atoms with Gasteiger partial charge in [0.25, 0.3) is 11.5 Å². The first-order valence-electron chi connectivity index (χ1n) is 8.23. The number of nitrogens with one attached hydrogen (secondary N) is 2. The van der Waals surface area contributed by atoms with E-state index in [0.717, 1.165) is 0 Å². The van der Waals surface area contributed by atoms with Crippen molar-refractivity contribution in [2.24, 2.45) is 5.92 Å². The van der Waals surface area contributed by atoms with Gasteiger partial charge in [0.15, 0.2) is 0 Å². The van der Waals surface area contributed by atoms with E-state index in [1.807, 2.05) is 6.07 Å². The van der Waals surface area contributed by atoms with Gasteiger partial charge >= 0.3 is 5.97 Å². The second-order valence-corrected chi connectivity index (χ2v) is 6.19. The Kier molecular flexibility index (Phi) is 4.92. The summed E-state index contributed by atoms with van der Waals surface area (Å²) in [4.78, 5) is 42.3. The Morgan fingerprint density at radius 1 is 1.12 bits per heavy atom. The van der Waals surface area contributed by atoms with Crippen molar-refractivity contribution in [2.45, 2.75) is 31.7 Å². The highest BCUT2D eigenvalue weighted by molar-refractivity contribution is 5.94. The van der Waals surface area contributed by atoms with E-state index < -0.39 is 17.4 Å². The maximum Gasteiger partial charge on any atom is 0.306 e. The third-order valence-electron chi connectivity index (χ3n) is 4.51. The lowest BCUT2D eigenvalue weighted by Crippen LogP contribution is -2.40. The highest BCUT2D eigenvalue weighted by Crippen LogP contribution is 2.24. The van der Waals surface area contributed by atoms with Crippen LogP contribution in [0.4, 0.5) is 0 Å². The molecule has 130 valence electrons. The zero-order valence-electron chi connectivity index (χ0n) is 13.6. The number of carbonyl (C=O) groups is 2. The number of carboxylic acid groups (broad SMARTS) is 1. The average Bonchev–Trinajstić information content (AvgIpc) is 2.62. The second kappa shape index (κ2) is 7.29. The summed E-state index contributed by atoms with van der Waals surface area (Å²) in [5.41, 5.74) is 0.739. The summed E-state index contributed by atoms with van der Waals surface area (Å²) in [7, 11) is 0. The molecule has 1 aliphatic rings. The number of rotatable bonds is 4. The van der Waals surface area contributed by atoms with Gasteiger partial charge in [-0.15, -0.1) is 0 Å². The number of hydrogen-bond donors (Lipinski definition) is 3. The van der Waals surface area contributed by atoms with E-state index in [0.29, 0.717) is 37.1 Å². The first kappa shape index (κ1) is 16.9. The number of aliphatic carboxylic acids is 1. The molecule has 1 amide bonds. The van der Waals surface area contributed by atoms with E-state index in [2.05, 4.69) is 15.3 Å². The van der Waals surface area contributed by atoms with Crippen molar-refractivity contribution in [1.82, 2.24) is 15.3 Å². The zero-order valence-corrected chi connectivity index (χ0v) is 13.6. The number of pyridine rings is 2. The number of carbonyl (C=O) groups excluding carboxylic acids is 1. The summed E-state index contributed by atoms with van der Waals surface area (Å²) in [6.45, 7) is 0. The van der Waals surface area contributed by atoms with Crippen LogP contribution in [0.2, 0.25) is 0 Å². The Bertz CT molecular complexity index is 824. The normalized spacial score (nSPS) is 20.0. The molecule has 1 saturated carbocycles. The molecule has 0 aliphatic heterocycles. The minimum Gasteiger partial charge on any atom is -0.481 e. The molecule has 0 radical (unpaired) electrons. The molecule has 0 spiro atoms. The van der Waals surface area contributed by atoms with Crippen molar-refractivity contribution in [2.75, 3.05) is 0 Å². The van der Waals surface area contributed by atoms with Gasteiger partial charge in [0.2, 0.25) is 0 Å². The molecule has 0 saturated heterocycles. The lowest BCUT2D eigenvalue weighted by atomic mass is 9.86.